The van der Waals surface area contributed by atoms with Crippen LogP contribution in [-0.2, 0) is 6.42 Å². The van der Waals surface area contributed by atoms with E-state index in [2.05, 4.69) is 27.0 Å². The van der Waals surface area contributed by atoms with Crippen molar-refractivity contribution in [1.82, 2.24) is 20.0 Å². The molecule has 0 unspecified atom stereocenters. The number of hydrogen-bond acceptors (Lipinski definition) is 7. The third-order valence-corrected chi connectivity index (χ3v) is 4.51. The van der Waals surface area contributed by atoms with Crippen molar-refractivity contribution in [2.45, 2.75) is 13.3 Å². The Morgan fingerprint density at radius 1 is 1.08 bits per heavy atom. The SMILES string of the molecule is CCc1occc1-c1nc(-c2cccc(N3CCN(C)CC3)n2)no1. The maximum atomic E-state index is 5.44. The Kier molecular flexibility index (Phi) is 4.23. The second kappa shape index (κ2) is 6.68. The fourth-order valence-electron chi connectivity index (χ4n) is 3.00. The molecular formula is C18H21N5O2. The molecule has 130 valence electrons. The van der Waals surface area contributed by atoms with Gasteiger partial charge in [-0.05, 0) is 25.2 Å². The zero-order valence-electron chi connectivity index (χ0n) is 14.5. The summed E-state index contributed by atoms with van der Waals surface area (Å²) in [4.78, 5) is 13.8. The molecule has 25 heavy (non-hydrogen) atoms. The first kappa shape index (κ1) is 15.8. The standard InChI is InChI=1S/C18H21N5O2/c1-3-15-13(7-12-24-15)18-20-17(21-25-18)14-5-4-6-16(19-14)23-10-8-22(2)9-11-23/h4-7,12H,3,8-11H2,1-2H3. The van der Waals surface area contributed by atoms with E-state index < -0.39 is 0 Å². The van der Waals surface area contributed by atoms with E-state index in [-0.39, 0.29) is 0 Å². The topological polar surface area (TPSA) is 71.4 Å². The first-order valence-corrected chi connectivity index (χ1v) is 8.56. The zero-order chi connectivity index (χ0) is 17.2. The molecule has 1 saturated heterocycles. The van der Waals surface area contributed by atoms with E-state index in [1.54, 1.807) is 6.26 Å². The number of rotatable bonds is 4. The number of pyridine rings is 1. The molecule has 0 spiro atoms. The quantitative estimate of drug-likeness (QED) is 0.723. The van der Waals surface area contributed by atoms with Crippen LogP contribution in [0.2, 0.25) is 0 Å². The Morgan fingerprint density at radius 2 is 1.92 bits per heavy atom. The lowest BCUT2D eigenvalue weighted by atomic mass is 10.2. The predicted molar refractivity (Wildman–Crippen MR) is 94.3 cm³/mol. The summed E-state index contributed by atoms with van der Waals surface area (Å²) in [7, 11) is 2.14. The molecule has 1 fully saturated rings. The van der Waals surface area contributed by atoms with Gasteiger partial charge in [-0.1, -0.05) is 18.1 Å². The molecule has 3 aromatic rings. The maximum Gasteiger partial charge on any atom is 0.261 e. The highest BCUT2D eigenvalue weighted by atomic mass is 16.5. The van der Waals surface area contributed by atoms with Crippen LogP contribution < -0.4 is 4.90 Å². The highest BCUT2D eigenvalue weighted by molar-refractivity contribution is 5.60. The van der Waals surface area contributed by atoms with E-state index in [0.717, 1.165) is 49.7 Å². The number of likely N-dealkylation sites (N-methyl/N-ethyl adjacent to an activating group) is 1. The van der Waals surface area contributed by atoms with E-state index >= 15 is 0 Å². The van der Waals surface area contributed by atoms with Gasteiger partial charge in [0.25, 0.3) is 5.89 Å². The van der Waals surface area contributed by atoms with Gasteiger partial charge in [0.15, 0.2) is 0 Å². The largest absolute Gasteiger partial charge is 0.469 e. The molecule has 0 aliphatic carbocycles. The van der Waals surface area contributed by atoms with Gasteiger partial charge in [-0.15, -0.1) is 0 Å². The van der Waals surface area contributed by atoms with Crippen LogP contribution in [0.25, 0.3) is 23.0 Å². The average Bonchev–Trinajstić information content (AvgIpc) is 3.31. The highest BCUT2D eigenvalue weighted by Gasteiger charge is 2.19. The van der Waals surface area contributed by atoms with Crippen LogP contribution in [-0.4, -0.2) is 53.3 Å². The minimum Gasteiger partial charge on any atom is -0.469 e. The number of piperazine rings is 1. The lowest BCUT2D eigenvalue weighted by molar-refractivity contribution is 0.312. The Bertz CT molecular complexity index is 849. The Morgan fingerprint density at radius 3 is 2.72 bits per heavy atom. The van der Waals surface area contributed by atoms with Crippen LogP contribution >= 0.6 is 0 Å². The lowest BCUT2D eigenvalue weighted by Crippen LogP contribution is -2.44. The van der Waals surface area contributed by atoms with Crippen LogP contribution in [0.3, 0.4) is 0 Å². The molecular weight excluding hydrogens is 318 g/mol. The summed E-state index contributed by atoms with van der Waals surface area (Å²) in [6.45, 7) is 6.05. The number of nitrogens with zero attached hydrogens (tertiary/aromatic N) is 5. The number of anilines is 1. The fraction of sp³-hybridized carbons (Fsp3) is 0.389. The summed E-state index contributed by atoms with van der Waals surface area (Å²) in [6, 6.07) is 7.77. The molecule has 1 aliphatic rings. The molecule has 7 heteroatoms. The summed E-state index contributed by atoms with van der Waals surface area (Å²) in [5, 5.41) is 4.10. The van der Waals surface area contributed by atoms with Crippen molar-refractivity contribution >= 4 is 5.82 Å². The number of aromatic nitrogens is 3. The van der Waals surface area contributed by atoms with E-state index in [4.69, 9.17) is 13.9 Å². The smallest absolute Gasteiger partial charge is 0.261 e. The summed E-state index contributed by atoms with van der Waals surface area (Å²) >= 11 is 0. The van der Waals surface area contributed by atoms with Gasteiger partial charge >= 0.3 is 0 Å². The molecule has 7 nitrogen and oxygen atoms in total. The second-order valence-corrected chi connectivity index (χ2v) is 6.21. The van der Waals surface area contributed by atoms with Crippen LogP contribution in [0.4, 0.5) is 5.82 Å². The minimum absolute atomic E-state index is 0.465. The molecule has 0 saturated carbocycles. The van der Waals surface area contributed by atoms with Crippen molar-refractivity contribution in [3.8, 4) is 23.0 Å². The van der Waals surface area contributed by atoms with Gasteiger partial charge in [-0.25, -0.2) is 4.98 Å². The predicted octanol–water partition coefficient (Wildman–Crippen LogP) is 2.71. The number of hydrogen-bond donors (Lipinski definition) is 0. The fourth-order valence-corrected chi connectivity index (χ4v) is 3.00. The molecule has 4 rings (SSSR count). The van der Waals surface area contributed by atoms with Gasteiger partial charge < -0.3 is 18.7 Å². The normalized spacial score (nSPS) is 15.7. The van der Waals surface area contributed by atoms with Gasteiger partial charge in [-0.2, -0.15) is 4.98 Å². The van der Waals surface area contributed by atoms with E-state index in [1.165, 1.54) is 0 Å². The monoisotopic (exact) mass is 339 g/mol. The summed E-state index contributed by atoms with van der Waals surface area (Å²) < 4.78 is 10.9. The zero-order valence-corrected chi connectivity index (χ0v) is 14.5. The number of furan rings is 1. The Hall–Kier alpha value is -2.67. The van der Waals surface area contributed by atoms with Gasteiger partial charge in [-0.3, -0.25) is 0 Å². The lowest BCUT2D eigenvalue weighted by Gasteiger charge is -2.33. The Labute approximate surface area is 146 Å². The molecule has 0 aromatic carbocycles. The van der Waals surface area contributed by atoms with Gasteiger partial charge in [0.1, 0.15) is 17.3 Å². The average molecular weight is 339 g/mol. The first-order chi connectivity index (χ1) is 12.2. The third kappa shape index (κ3) is 3.15. The van der Waals surface area contributed by atoms with Crippen molar-refractivity contribution in [1.29, 1.82) is 0 Å². The molecule has 0 amide bonds. The van der Waals surface area contributed by atoms with Crippen molar-refractivity contribution in [2.24, 2.45) is 0 Å². The molecule has 3 aromatic heterocycles. The van der Waals surface area contributed by atoms with Crippen molar-refractivity contribution < 1.29 is 8.94 Å². The molecule has 0 radical (unpaired) electrons. The van der Waals surface area contributed by atoms with Gasteiger partial charge in [0.05, 0.1) is 11.8 Å². The minimum atomic E-state index is 0.465. The number of aryl methyl sites for hydroxylation is 1. The van der Waals surface area contributed by atoms with Crippen LogP contribution in [0.5, 0.6) is 0 Å². The highest BCUT2D eigenvalue weighted by Crippen LogP contribution is 2.26. The van der Waals surface area contributed by atoms with Gasteiger partial charge in [0.2, 0.25) is 5.82 Å². The summed E-state index contributed by atoms with van der Waals surface area (Å²) in [5.74, 6) is 2.76. The van der Waals surface area contributed by atoms with Crippen LogP contribution in [0, 0.1) is 0 Å². The molecule has 0 atom stereocenters. The first-order valence-electron chi connectivity index (χ1n) is 8.56. The molecule has 4 heterocycles. The maximum absolute atomic E-state index is 5.44. The van der Waals surface area contributed by atoms with Crippen LogP contribution in [0.1, 0.15) is 12.7 Å². The molecule has 0 N–H and O–H groups in total. The molecule has 1 aliphatic heterocycles. The Balaban J connectivity index is 1.59. The van der Waals surface area contributed by atoms with E-state index in [9.17, 15) is 0 Å². The summed E-state index contributed by atoms with van der Waals surface area (Å²) in [6.07, 6.45) is 2.42. The van der Waals surface area contributed by atoms with E-state index in [0.29, 0.717) is 17.4 Å². The second-order valence-electron chi connectivity index (χ2n) is 6.21. The molecule has 0 bridgehead atoms. The van der Waals surface area contributed by atoms with Crippen molar-refractivity contribution in [3.63, 3.8) is 0 Å². The van der Waals surface area contributed by atoms with Crippen LogP contribution in [0.15, 0.2) is 39.5 Å². The van der Waals surface area contributed by atoms with E-state index in [1.807, 2.05) is 31.2 Å². The van der Waals surface area contributed by atoms with Crippen molar-refractivity contribution in [3.05, 3.63) is 36.3 Å². The van der Waals surface area contributed by atoms with Gasteiger partial charge in [0, 0.05) is 32.6 Å². The summed E-state index contributed by atoms with van der Waals surface area (Å²) in [5.41, 5.74) is 1.56. The third-order valence-electron chi connectivity index (χ3n) is 4.51. The van der Waals surface area contributed by atoms with Crippen molar-refractivity contribution in [2.75, 3.05) is 38.1 Å².